The lowest BCUT2D eigenvalue weighted by atomic mass is 9.67. The molecule has 2 aliphatic rings. The third-order valence-electron chi connectivity index (χ3n) is 6.90. The van der Waals surface area contributed by atoms with Gasteiger partial charge < -0.3 is 10.1 Å². The summed E-state index contributed by atoms with van der Waals surface area (Å²) in [6, 6.07) is 31.4. The second-order valence-electron chi connectivity index (χ2n) is 9.17. The van der Waals surface area contributed by atoms with E-state index in [9.17, 15) is 5.26 Å². The van der Waals surface area contributed by atoms with E-state index < -0.39 is 0 Å². The normalized spacial score (nSPS) is 21.2. The zero-order valence-electron chi connectivity index (χ0n) is 18.8. The van der Waals surface area contributed by atoms with Crippen LogP contribution in [0, 0.1) is 16.7 Å². The Bertz CT molecular complexity index is 1330. The van der Waals surface area contributed by atoms with Gasteiger partial charge in [0.2, 0.25) is 0 Å². The third kappa shape index (κ3) is 3.60. The summed E-state index contributed by atoms with van der Waals surface area (Å²) in [5.74, 6) is 2.49. The smallest absolute Gasteiger partial charge is 0.142 e. The highest BCUT2D eigenvalue weighted by atomic mass is 16.5. The third-order valence-corrected chi connectivity index (χ3v) is 6.90. The van der Waals surface area contributed by atoms with E-state index in [1.54, 1.807) is 6.20 Å². The van der Waals surface area contributed by atoms with Crippen LogP contribution in [0.5, 0.6) is 11.5 Å². The van der Waals surface area contributed by atoms with Crippen LogP contribution in [0.2, 0.25) is 0 Å². The molecule has 2 unspecified atom stereocenters. The van der Waals surface area contributed by atoms with Gasteiger partial charge in [0, 0.05) is 31.1 Å². The molecular formula is C28H25N5O. The first-order valence-corrected chi connectivity index (χ1v) is 11.5. The summed E-state index contributed by atoms with van der Waals surface area (Å²) >= 11 is 0. The quantitative estimate of drug-likeness (QED) is 0.455. The van der Waals surface area contributed by atoms with Crippen LogP contribution < -0.4 is 10.1 Å². The average molecular weight is 448 g/mol. The molecular weight excluding hydrogens is 422 g/mol. The molecule has 0 saturated carbocycles. The summed E-state index contributed by atoms with van der Waals surface area (Å²) in [5, 5.41) is 17.4. The number of likely N-dealkylation sites (tertiary alicyclic amines) is 1. The molecule has 6 rings (SSSR count). The van der Waals surface area contributed by atoms with Gasteiger partial charge in [0.15, 0.2) is 0 Å². The van der Waals surface area contributed by atoms with Crippen molar-refractivity contribution in [3.63, 3.8) is 0 Å². The second-order valence-corrected chi connectivity index (χ2v) is 9.17. The molecule has 4 aromatic rings. The summed E-state index contributed by atoms with van der Waals surface area (Å²) in [5.41, 5.74) is 3.18. The molecule has 0 amide bonds. The molecule has 34 heavy (non-hydrogen) atoms. The van der Waals surface area contributed by atoms with Crippen molar-refractivity contribution in [1.82, 2.24) is 14.7 Å². The van der Waals surface area contributed by atoms with Gasteiger partial charge in [-0.1, -0.05) is 60.7 Å². The summed E-state index contributed by atoms with van der Waals surface area (Å²) in [7, 11) is 0. The number of nitriles is 1. The monoisotopic (exact) mass is 447 g/mol. The molecule has 2 aliphatic heterocycles. The van der Waals surface area contributed by atoms with Crippen molar-refractivity contribution in [2.24, 2.45) is 5.41 Å². The van der Waals surface area contributed by atoms with Crippen LogP contribution in [0.15, 0.2) is 91.1 Å². The molecule has 1 saturated heterocycles. The Balaban J connectivity index is 1.29. The molecule has 1 N–H and O–H groups in total. The van der Waals surface area contributed by atoms with Gasteiger partial charge in [0.25, 0.3) is 0 Å². The molecule has 0 aliphatic carbocycles. The Hall–Kier alpha value is -4.08. The highest BCUT2D eigenvalue weighted by Crippen LogP contribution is 2.52. The summed E-state index contributed by atoms with van der Waals surface area (Å²) in [4.78, 5) is 2.53. The van der Waals surface area contributed by atoms with Crippen LogP contribution in [0.3, 0.4) is 0 Å². The van der Waals surface area contributed by atoms with E-state index in [0.717, 1.165) is 43.5 Å². The van der Waals surface area contributed by atoms with E-state index in [2.05, 4.69) is 76.0 Å². The molecule has 1 fully saturated rings. The van der Waals surface area contributed by atoms with Gasteiger partial charge in [-0.05, 0) is 35.4 Å². The number of para-hydroxylation sites is 1. The standard InChI is InChI=1S/C28H25N5O/c29-15-23-16-31-33-20-28(18-30-27(23)33)19-32(17-21-7-3-1-4-8-21)26(28)22-11-13-25(14-12-22)34-24-9-5-2-6-10-24/h1-14,16,26,30H,17-20H2. The molecule has 6 nitrogen and oxygen atoms in total. The molecule has 168 valence electrons. The van der Waals surface area contributed by atoms with Gasteiger partial charge in [-0.15, -0.1) is 0 Å². The van der Waals surface area contributed by atoms with Crippen molar-refractivity contribution < 1.29 is 4.74 Å². The minimum Gasteiger partial charge on any atom is -0.457 e. The first-order chi connectivity index (χ1) is 16.7. The van der Waals surface area contributed by atoms with Crippen LogP contribution in [0.4, 0.5) is 5.82 Å². The Morgan fingerprint density at radius 3 is 2.38 bits per heavy atom. The maximum absolute atomic E-state index is 9.39. The lowest BCUT2D eigenvalue weighted by Crippen LogP contribution is -2.64. The maximum Gasteiger partial charge on any atom is 0.142 e. The van der Waals surface area contributed by atoms with E-state index in [-0.39, 0.29) is 11.5 Å². The van der Waals surface area contributed by atoms with Crippen LogP contribution in [0.25, 0.3) is 0 Å². The van der Waals surface area contributed by atoms with Crippen molar-refractivity contribution in [3.05, 3.63) is 108 Å². The molecule has 1 aromatic heterocycles. The first-order valence-electron chi connectivity index (χ1n) is 11.5. The van der Waals surface area contributed by atoms with E-state index in [1.165, 1.54) is 11.1 Å². The Kier molecular flexibility index (Phi) is 5.05. The number of fused-ring (bicyclic) bond motifs is 1. The molecule has 6 heteroatoms. The fraction of sp³-hybridized carbons (Fsp3) is 0.214. The maximum atomic E-state index is 9.39. The van der Waals surface area contributed by atoms with E-state index >= 15 is 0 Å². The van der Waals surface area contributed by atoms with Crippen LogP contribution in [-0.4, -0.2) is 27.8 Å². The minimum atomic E-state index is 0.00231. The molecule has 2 atom stereocenters. The zero-order valence-corrected chi connectivity index (χ0v) is 18.8. The predicted octanol–water partition coefficient (Wildman–Crippen LogP) is 5.22. The van der Waals surface area contributed by atoms with E-state index in [0.29, 0.717) is 5.56 Å². The molecule has 0 radical (unpaired) electrons. The van der Waals surface area contributed by atoms with Crippen molar-refractivity contribution in [1.29, 1.82) is 5.26 Å². The molecule has 3 heterocycles. The lowest BCUT2D eigenvalue weighted by Gasteiger charge is -2.59. The number of ether oxygens (including phenoxy) is 1. The fourth-order valence-electron chi connectivity index (χ4n) is 5.41. The van der Waals surface area contributed by atoms with E-state index in [4.69, 9.17) is 4.74 Å². The Labute approximate surface area is 199 Å². The van der Waals surface area contributed by atoms with Gasteiger partial charge in [0.1, 0.15) is 28.9 Å². The van der Waals surface area contributed by atoms with Gasteiger partial charge >= 0.3 is 0 Å². The number of anilines is 1. The van der Waals surface area contributed by atoms with E-state index in [1.807, 2.05) is 35.0 Å². The topological polar surface area (TPSA) is 66.1 Å². The zero-order chi connectivity index (χ0) is 23.0. The molecule has 3 aromatic carbocycles. The first kappa shape index (κ1) is 20.5. The SMILES string of the molecule is N#Cc1cnn2c1NCC1(CN(Cc3ccccc3)C1c1ccc(Oc3ccccc3)cc1)C2. The number of hydrogen-bond acceptors (Lipinski definition) is 5. The minimum absolute atomic E-state index is 0.00231. The number of nitrogens with one attached hydrogen (secondary N) is 1. The average Bonchev–Trinajstić information content (AvgIpc) is 3.28. The van der Waals surface area contributed by atoms with Gasteiger partial charge in [-0.3, -0.25) is 4.90 Å². The summed E-state index contributed by atoms with van der Waals surface area (Å²) in [6.07, 6.45) is 1.66. The number of rotatable bonds is 5. The van der Waals surface area contributed by atoms with Gasteiger partial charge in [-0.2, -0.15) is 10.4 Å². The number of benzene rings is 3. The number of aromatic nitrogens is 2. The predicted molar refractivity (Wildman–Crippen MR) is 130 cm³/mol. The van der Waals surface area contributed by atoms with Crippen LogP contribution >= 0.6 is 0 Å². The number of nitrogens with zero attached hydrogens (tertiary/aromatic N) is 4. The van der Waals surface area contributed by atoms with Crippen LogP contribution in [0.1, 0.15) is 22.7 Å². The highest BCUT2D eigenvalue weighted by molar-refractivity contribution is 5.53. The summed E-state index contributed by atoms with van der Waals surface area (Å²) in [6.45, 7) is 3.45. The number of hydrogen-bond donors (Lipinski definition) is 1. The van der Waals surface area contributed by atoms with Crippen molar-refractivity contribution in [2.75, 3.05) is 18.4 Å². The lowest BCUT2D eigenvalue weighted by molar-refractivity contribution is -0.0911. The largest absolute Gasteiger partial charge is 0.457 e. The highest BCUT2D eigenvalue weighted by Gasteiger charge is 2.55. The Morgan fingerprint density at radius 1 is 0.941 bits per heavy atom. The molecule has 1 spiro atoms. The van der Waals surface area contributed by atoms with Gasteiger partial charge in [-0.25, -0.2) is 4.68 Å². The van der Waals surface area contributed by atoms with Crippen molar-refractivity contribution in [2.45, 2.75) is 19.1 Å². The van der Waals surface area contributed by atoms with Gasteiger partial charge in [0.05, 0.1) is 12.7 Å². The van der Waals surface area contributed by atoms with Crippen molar-refractivity contribution >= 4 is 5.82 Å². The Morgan fingerprint density at radius 2 is 1.65 bits per heavy atom. The van der Waals surface area contributed by atoms with Crippen molar-refractivity contribution in [3.8, 4) is 17.6 Å². The van der Waals surface area contributed by atoms with Crippen LogP contribution in [-0.2, 0) is 13.1 Å². The summed E-state index contributed by atoms with van der Waals surface area (Å²) < 4.78 is 7.98. The molecule has 0 bridgehead atoms. The fourth-order valence-corrected chi connectivity index (χ4v) is 5.41. The second kappa shape index (κ2) is 8.36.